The summed E-state index contributed by atoms with van der Waals surface area (Å²) in [4.78, 5) is 24.0. The fourth-order valence-corrected chi connectivity index (χ4v) is 6.95. The number of benzene rings is 1. The molecule has 4 N–H and O–H groups in total. The molecule has 1 aromatic carbocycles. The summed E-state index contributed by atoms with van der Waals surface area (Å²) in [6, 6.07) is 4.39. The molecule has 2 bridgehead atoms. The monoisotopic (exact) mass is 538 g/mol. The first-order chi connectivity index (χ1) is 18.5. The molecule has 4 aliphatic rings. The molecule has 38 heavy (non-hydrogen) atoms. The van der Waals surface area contributed by atoms with Crippen LogP contribution in [0.15, 0.2) is 30.5 Å². The van der Waals surface area contributed by atoms with Gasteiger partial charge in [-0.15, -0.1) is 0 Å². The zero-order chi connectivity index (χ0) is 26.2. The van der Waals surface area contributed by atoms with Crippen molar-refractivity contribution in [3.05, 3.63) is 46.6 Å². The number of nitrogens with two attached hydrogens (primary N) is 1. The van der Waals surface area contributed by atoms with Crippen LogP contribution in [0.3, 0.4) is 0 Å². The van der Waals surface area contributed by atoms with E-state index in [0.29, 0.717) is 22.8 Å². The number of carbonyl (C=O) groups is 1. The average Bonchev–Trinajstić information content (AvgIpc) is 3.46. The first-order valence-electron chi connectivity index (χ1n) is 13.6. The normalized spacial score (nSPS) is 28.5. The minimum Gasteiger partial charge on any atom is -0.496 e. The Morgan fingerprint density at radius 3 is 2.82 bits per heavy atom. The van der Waals surface area contributed by atoms with Crippen molar-refractivity contribution in [2.24, 2.45) is 23.5 Å². The van der Waals surface area contributed by atoms with E-state index < -0.39 is 0 Å². The van der Waals surface area contributed by atoms with Gasteiger partial charge in [-0.1, -0.05) is 23.8 Å². The zero-order valence-corrected chi connectivity index (χ0v) is 22.4. The lowest BCUT2D eigenvalue weighted by Crippen LogP contribution is -2.44. The Morgan fingerprint density at radius 1 is 1.21 bits per heavy atom. The molecule has 1 saturated heterocycles. The van der Waals surface area contributed by atoms with E-state index in [1.54, 1.807) is 13.3 Å². The van der Waals surface area contributed by atoms with Gasteiger partial charge < -0.3 is 25.8 Å². The van der Waals surface area contributed by atoms with Crippen molar-refractivity contribution < 1.29 is 14.3 Å². The molecule has 1 aliphatic heterocycles. The Hall–Kier alpha value is -2.88. The van der Waals surface area contributed by atoms with Crippen molar-refractivity contribution in [2.75, 3.05) is 44.0 Å². The SMILES string of the molecule is COc1ccc(Nc2ncc(Cl)c(N[C@H]3[C@@H](C(N)=O)[C@@H]4C=C[C@H]3C4)n2)c2c1CCCC(N1CCOCC1)C2. The van der Waals surface area contributed by atoms with Crippen LogP contribution in [0.1, 0.15) is 30.4 Å². The minimum atomic E-state index is -0.293. The second kappa shape index (κ2) is 10.7. The van der Waals surface area contributed by atoms with Crippen molar-refractivity contribution in [1.82, 2.24) is 14.9 Å². The van der Waals surface area contributed by atoms with Crippen molar-refractivity contribution in [3.63, 3.8) is 0 Å². The third kappa shape index (κ3) is 4.83. The number of allylic oxidation sites excluding steroid dienone is 1. The van der Waals surface area contributed by atoms with Gasteiger partial charge in [0, 0.05) is 30.9 Å². The highest BCUT2D eigenvalue weighted by atomic mass is 35.5. The molecule has 2 heterocycles. The number of morpholine rings is 1. The second-order valence-corrected chi connectivity index (χ2v) is 11.1. The predicted molar refractivity (Wildman–Crippen MR) is 147 cm³/mol. The lowest BCUT2D eigenvalue weighted by atomic mass is 9.88. The number of halogens is 1. The maximum atomic E-state index is 12.2. The van der Waals surface area contributed by atoms with Gasteiger partial charge in [-0.3, -0.25) is 9.69 Å². The molecule has 10 heteroatoms. The number of carbonyl (C=O) groups excluding carboxylic acids is 1. The summed E-state index contributed by atoms with van der Waals surface area (Å²) in [7, 11) is 1.73. The molecule has 6 rings (SSSR count). The van der Waals surface area contributed by atoms with Gasteiger partial charge in [-0.05, 0) is 67.2 Å². The molecule has 2 aromatic rings. The number of nitrogens with zero attached hydrogens (tertiary/aromatic N) is 3. The third-order valence-corrected chi connectivity index (χ3v) is 8.93. The van der Waals surface area contributed by atoms with E-state index in [1.165, 1.54) is 11.1 Å². The number of anilines is 3. The highest BCUT2D eigenvalue weighted by Gasteiger charge is 2.47. The van der Waals surface area contributed by atoms with Gasteiger partial charge in [0.05, 0.1) is 32.4 Å². The van der Waals surface area contributed by atoms with Crippen molar-refractivity contribution in [1.29, 1.82) is 0 Å². The van der Waals surface area contributed by atoms with Gasteiger partial charge in [0.15, 0.2) is 5.82 Å². The Balaban J connectivity index is 1.27. The van der Waals surface area contributed by atoms with Crippen molar-refractivity contribution in [3.8, 4) is 5.75 Å². The number of primary amides is 1. The van der Waals surface area contributed by atoms with E-state index in [2.05, 4.69) is 32.7 Å². The number of rotatable bonds is 7. The number of hydrogen-bond acceptors (Lipinski definition) is 8. The maximum absolute atomic E-state index is 12.2. The summed E-state index contributed by atoms with van der Waals surface area (Å²) in [5, 5.41) is 7.30. The highest BCUT2D eigenvalue weighted by Crippen LogP contribution is 2.45. The molecule has 1 saturated carbocycles. The van der Waals surface area contributed by atoms with Crippen LogP contribution < -0.4 is 21.1 Å². The summed E-state index contributed by atoms with van der Waals surface area (Å²) in [5.41, 5.74) is 9.23. The van der Waals surface area contributed by atoms with Crippen LogP contribution >= 0.6 is 11.6 Å². The van der Waals surface area contributed by atoms with Crippen molar-refractivity contribution in [2.45, 2.75) is 44.2 Å². The molecule has 1 unspecified atom stereocenters. The number of amides is 1. The largest absolute Gasteiger partial charge is 0.496 e. The standard InChI is InChI=1S/C28H35ClN6O3/c1-37-23-8-7-22(20-14-18(3-2-4-19(20)23)35-9-11-38-12-10-35)32-28-31-15-21(29)27(34-28)33-25-17-6-5-16(13-17)24(25)26(30)36/h5-8,15-18,24-25H,2-4,9-14H2,1H3,(H2,30,36)(H2,31,32,33,34)/t16-,17+,18?,24+,25-/m1/s1. The van der Waals surface area contributed by atoms with E-state index >= 15 is 0 Å². The number of ether oxygens (including phenoxy) is 2. The average molecular weight is 539 g/mol. The van der Waals surface area contributed by atoms with Crippen LogP contribution in [0.4, 0.5) is 17.5 Å². The van der Waals surface area contributed by atoms with Crippen LogP contribution in [0.5, 0.6) is 5.75 Å². The number of nitrogens with one attached hydrogen (secondary N) is 2. The quantitative estimate of drug-likeness (QED) is 0.362. The second-order valence-electron chi connectivity index (χ2n) is 10.7. The smallest absolute Gasteiger partial charge is 0.229 e. The lowest BCUT2D eigenvalue weighted by Gasteiger charge is -2.34. The van der Waals surface area contributed by atoms with Crippen LogP contribution in [0.25, 0.3) is 0 Å². The van der Waals surface area contributed by atoms with Gasteiger partial charge in [0.25, 0.3) is 0 Å². The van der Waals surface area contributed by atoms with Crippen LogP contribution in [-0.4, -0.2) is 66.3 Å². The Labute approximate surface area is 228 Å². The molecule has 1 aromatic heterocycles. The summed E-state index contributed by atoms with van der Waals surface area (Å²) in [5.74, 6) is 1.71. The molecular formula is C28H35ClN6O3. The first-order valence-corrected chi connectivity index (χ1v) is 13.9. The van der Waals surface area contributed by atoms with Gasteiger partial charge in [0.2, 0.25) is 11.9 Å². The van der Waals surface area contributed by atoms with E-state index in [4.69, 9.17) is 31.8 Å². The van der Waals surface area contributed by atoms with Crippen LogP contribution in [0.2, 0.25) is 5.02 Å². The number of aromatic nitrogens is 2. The molecule has 0 spiro atoms. The number of hydrogen-bond donors (Lipinski definition) is 3. The summed E-state index contributed by atoms with van der Waals surface area (Å²) >= 11 is 6.51. The third-order valence-electron chi connectivity index (χ3n) is 8.66. The van der Waals surface area contributed by atoms with Crippen molar-refractivity contribution >= 4 is 35.0 Å². The first kappa shape index (κ1) is 25.4. The van der Waals surface area contributed by atoms with Crippen LogP contribution in [-0.2, 0) is 22.4 Å². The zero-order valence-electron chi connectivity index (χ0n) is 21.7. The number of methoxy groups -OCH3 is 1. The molecule has 5 atom stereocenters. The summed E-state index contributed by atoms with van der Waals surface area (Å²) < 4.78 is 11.4. The Kier molecular flexibility index (Phi) is 7.16. The maximum Gasteiger partial charge on any atom is 0.229 e. The van der Waals surface area contributed by atoms with E-state index in [0.717, 1.165) is 69.8 Å². The van der Waals surface area contributed by atoms with Gasteiger partial charge in [-0.25, -0.2) is 4.98 Å². The van der Waals surface area contributed by atoms with Gasteiger partial charge in [-0.2, -0.15) is 4.98 Å². The Bertz CT molecular complexity index is 1230. The fourth-order valence-electron chi connectivity index (χ4n) is 6.81. The van der Waals surface area contributed by atoms with Gasteiger partial charge >= 0.3 is 0 Å². The topological polar surface area (TPSA) is 115 Å². The number of fused-ring (bicyclic) bond motifs is 3. The fraction of sp³-hybridized carbons (Fsp3) is 0.536. The molecular weight excluding hydrogens is 504 g/mol. The van der Waals surface area contributed by atoms with Gasteiger partial charge in [0.1, 0.15) is 10.8 Å². The summed E-state index contributed by atoms with van der Waals surface area (Å²) in [6.45, 7) is 3.51. The molecule has 9 nitrogen and oxygen atoms in total. The predicted octanol–water partition coefficient (Wildman–Crippen LogP) is 3.55. The minimum absolute atomic E-state index is 0.130. The van der Waals surface area contributed by atoms with E-state index in [1.807, 2.05) is 12.1 Å². The molecule has 2 fully saturated rings. The Morgan fingerprint density at radius 2 is 2.03 bits per heavy atom. The highest BCUT2D eigenvalue weighted by molar-refractivity contribution is 6.32. The molecule has 0 radical (unpaired) electrons. The molecule has 202 valence electrons. The molecule has 3 aliphatic carbocycles. The van der Waals surface area contributed by atoms with E-state index in [-0.39, 0.29) is 29.7 Å². The lowest BCUT2D eigenvalue weighted by molar-refractivity contribution is -0.122. The van der Waals surface area contributed by atoms with E-state index in [9.17, 15) is 4.79 Å². The summed E-state index contributed by atoms with van der Waals surface area (Å²) in [6.07, 6.45) is 10.9. The molecule has 1 amide bonds. The van der Waals surface area contributed by atoms with Crippen LogP contribution in [0, 0.1) is 17.8 Å².